The first-order chi connectivity index (χ1) is 9.60. The van der Waals surface area contributed by atoms with Crippen molar-refractivity contribution >= 4 is 5.97 Å². The Morgan fingerprint density at radius 3 is 2.15 bits per heavy atom. The molecule has 1 heterocycles. The molecule has 0 spiro atoms. The van der Waals surface area contributed by atoms with Gasteiger partial charge < -0.3 is 5.11 Å². The van der Waals surface area contributed by atoms with Crippen LogP contribution >= 0.6 is 0 Å². The highest BCUT2D eigenvalue weighted by Crippen LogP contribution is 2.31. The van der Waals surface area contributed by atoms with Gasteiger partial charge in [0.05, 0.1) is 0 Å². The van der Waals surface area contributed by atoms with E-state index in [0.717, 1.165) is 19.3 Å². The molecule has 1 aromatic carbocycles. The summed E-state index contributed by atoms with van der Waals surface area (Å²) in [7, 11) is 0. The molecule has 3 N–H and O–H groups in total. The van der Waals surface area contributed by atoms with Gasteiger partial charge in [-0.2, -0.15) is 0 Å². The largest absolute Gasteiger partial charge is 0.480 e. The zero-order chi connectivity index (χ0) is 14.7. The minimum absolute atomic E-state index is 0.0897. The van der Waals surface area contributed by atoms with Crippen molar-refractivity contribution in [2.24, 2.45) is 0 Å². The summed E-state index contributed by atoms with van der Waals surface area (Å²) in [5.74, 6) is -0.790. The minimum atomic E-state index is -0.790. The minimum Gasteiger partial charge on any atom is -0.480 e. The Bertz CT molecular complexity index is 474. The number of hydrogen-bond donors (Lipinski definition) is 3. The molecule has 0 radical (unpaired) electrons. The van der Waals surface area contributed by atoms with Gasteiger partial charge in [-0.3, -0.25) is 4.79 Å². The number of hydrogen-bond acceptors (Lipinski definition) is 3. The van der Waals surface area contributed by atoms with Crippen LogP contribution in [0.2, 0.25) is 0 Å². The molecule has 0 amide bonds. The molecule has 1 fully saturated rings. The highest BCUT2D eigenvalue weighted by molar-refractivity contribution is 5.74. The monoisotopic (exact) mass is 276 g/mol. The molecule has 1 aliphatic rings. The lowest BCUT2D eigenvalue weighted by Crippen LogP contribution is -2.36. The molecule has 20 heavy (non-hydrogen) atoms. The number of carboxylic acids is 1. The second kappa shape index (κ2) is 6.37. The van der Waals surface area contributed by atoms with E-state index in [1.54, 1.807) is 0 Å². The zero-order valence-corrected chi connectivity index (χ0v) is 12.5. The van der Waals surface area contributed by atoms with Crippen LogP contribution in [0.1, 0.15) is 55.5 Å². The van der Waals surface area contributed by atoms with Gasteiger partial charge in [-0.15, -0.1) is 0 Å². The van der Waals surface area contributed by atoms with E-state index in [4.69, 9.17) is 5.11 Å². The third-order valence-electron chi connectivity index (χ3n) is 4.13. The van der Waals surface area contributed by atoms with Crippen LogP contribution < -0.4 is 10.9 Å². The molecule has 4 heteroatoms. The normalized spacial score (nSPS) is 22.1. The van der Waals surface area contributed by atoms with Gasteiger partial charge in [0.15, 0.2) is 0 Å². The second-order valence-corrected chi connectivity index (χ2v) is 5.36. The number of rotatable bonds is 5. The van der Waals surface area contributed by atoms with Crippen LogP contribution in [-0.2, 0) is 24.1 Å². The zero-order valence-electron chi connectivity index (χ0n) is 12.5. The van der Waals surface area contributed by atoms with Crippen molar-refractivity contribution < 1.29 is 9.90 Å². The summed E-state index contributed by atoms with van der Waals surface area (Å²) < 4.78 is 0. The van der Waals surface area contributed by atoms with E-state index in [-0.39, 0.29) is 6.04 Å². The maximum atomic E-state index is 11.1. The van der Waals surface area contributed by atoms with Crippen LogP contribution in [0.3, 0.4) is 0 Å². The molecule has 2 rings (SSSR count). The summed E-state index contributed by atoms with van der Waals surface area (Å²) in [4.78, 5) is 11.1. The third kappa shape index (κ3) is 2.86. The molecule has 0 bridgehead atoms. The van der Waals surface area contributed by atoms with Gasteiger partial charge in [-0.25, -0.2) is 10.9 Å². The first kappa shape index (κ1) is 15.0. The molecule has 0 saturated carbocycles. The van der Waals surface area contributed by atoms with Gasteiger partial charge in [0.25, 0.3) is 0 Å². The maximum Gasteiger partial charge on any atom is 0.322 e. The molecule has 1 aliphatic heterocycles. The maximum absolute atomic E-state index is 11.1. The standard InChI is InChI=1S/C16H24N2O2/c1-4-10-7-11(5-2)15(12(6-3)8-10)13-9-14(16(19)20)18-17-13/h7-8,13-14,17-18H,4-6,9H2,1-3H3,(H,19,20). The molecule has 0 aromatic heterocycles. The topological polar surface area (TPSA) is 61.4 Å². The number of nitrogens with one attached hydrogen (secondary N) is 2. The van der Waals surface area contributed by atoms with Gasteiger partial charge in [-0.05, 0) is 47.9 Å². The second-order valence-electron chi connectivity index (χ2n) is 5.36. The number of aryl methyl sites for hydroxylation is 3. The van der Waals surface area contributed by atoms with E-state index in [9.17, 15) is 4.79 Å². The predicted octanol–water partition coefficient (Wildman–Crippen LogP) is 2.37. The highest BCUT2D eigenvalue weighted by atomic mass is 16.4. The fraction of sp³-hybridized carbons (Fsp3) is 0.562. The summed E-state index contributed by atoms with van der Waals surface area (Å²) in [6.07, 6.45) is 3.59. The van der Waals surface area contributed by atoms with Crippen molar-refractivity contribution in [1.82, 2.24) is 10.9 Å². The van der Waals surface area contributed by atoms with E-state index in [1.807, 2.05) is 0 Å². The Hall–Kier alpha value is -1.39. The molecular formula is C16H24N2O2. The van der Waals surface area contributed by atoms with E-state index in [1.165, 1.54) is 22.3 Å². The van der Waals surface area contributed by atoms with Crippen molar-refractivity contribution in [3.8, 4) is 0 Å². The number of aliphatic carboxylic acids is 1. The Morgan fingerprint density at radius 2 is 1.75 bits per heavy atom. The summed E-state index contributed by atoms with van der Waals surface area (Å²) in [6, 6.07) is 4.13. The number of carbonyl (C=O) groups is 1. The van der Waals surface area contributed by atoms with E-state index >= 15 is 0 Å². The molecule has 2 unspecified atom stereocenters. The smallest absolute Gasteiger partial charge is 0.322 e. The van der Waals surface area contributed by atoms with Gasteiger partial charge in [0, 0.05) is 6.04 Å². The van der Waals surface area contributed by atoms with E-state index in [2.05, 4.69) is 43.8 Å². The van der Waals surface area contributed by atoms with Gasteiger partial charge >= 0.3 is 5.97 Å². The summed E-state index contributed by atoms with van der Waals surface area (Å²) in [5.41, 5.74) is 11.4. The Kier molecular flexibility index (Phi) is 4.78. The van der Waals surface area contributed by atoms with Crippen molar-refractivity contribution in [2.45, 2.75) is 58.5 Å². The first-order valence-electron chi connectivity index (χ1n) is 7.49. The van der Waals surface area contributed by atoms with Crippen LogP contribution in [0.4, 0.5) is 0 Å². The Morgan fingerprint density at radius 1 is 1.15 bits per heavy atom. The van der Waals surface area contributed by atoms with Crippen LogP contribution in [0.5, 0.6) is 0 Å². The van der Waals surface area contributed by atoms with Crippen molar-refractivity contribution in [2.75, 3.05) is 0 Å². The fourth-order valence-corrected chi connectivity index (χ4v) is 3.00. The molecule has 1 saturated heterocycles. The SMILES string of the molecule is CCc1cc(CC)c(C2CC(C(=O)O)NN2)c(CC)c1. The van der Waals surface area contributed by atoms with E-state index in [0.29, 0.717) is 6.42 Å². The molecule has 0 aliphatic carbocycles. The molecule has 4 nitrogen and oxygen atoms in total. The van der Waals surface area contributed by atoms with Crippen LogP contribution in [-0.4, -0.2) is 17.1 Å². The highest BCUT2D eigenvalue weighted by Gasteiger charge is 2.31. The lowest BCUT2D eigenvalue weighted by atomic mass is 9.88. The average Bonchev–Trinajstić information content (AvgIpc) is 2.95. The van der Waals surface area contributed by atoms with Crippen LogP contribution in [0.15, 0.2) is 12.1 Å². The number of benzene rings is 1. The molecule has 110 valence electrons. The van der Waals surface area contributed by atoms with Crippen LogP contribution in [0, 0.1) is 0 Å². The van der Waals surface area contributed by atoms with Crippen molar-refractivity contribution in [1.29, 1.82) is 0 Å². The fourth-order valence-electron chi connectivity index (χ4n) is 3.00. The summed E-state index contributed by atoms with van der Waals surface area (Å²) in [5, 5.41) is 9.11. The van der Waals surface area contributed by atoms with Gasteiger partial charge in [0.2, 0.25) is 0 Å². The summed E-state index contributed by atoms with van der Waals surface area (Å²) >= 11 is 0. The molecule has 1 aromatic rings. The van der Waals surface area contributed by atoms with Crippen molar-refractivity contribution in [3.05, 3.63) is 34.4 Å². The molecular weight excluding hydrogens is 252 g/mol. The summed E-state index contributed by atoms with van der Waals surface area (Å²) in [6.45, 7) is 6.49. The van der Waals surface area contributed by atoms with E-state index < -0.39 is 12.0 Å². The van der Waals surface area contributed by atoms with Crippen LogP contribution in [0.25, 0.3) is 0 Å². The lowest BCUT2D eigenvalue weighted by molar-refractivity contribution is -0.139. The van der Waals surface area contributed by atoms with Crippen molar-refractivity contribution in [3.63, 3.8) is 0 Å². The molecule has 2 atom stereocenters. The van der Waals surface area contributed by atoms with Gasteiger partial charge in [0.1, 0.15) is 6.04 Å². The average molecular weight is 276 g/mol. The predicted molar refractivity (Wildman–Crippen MR) is 79.6 cm³/mol. The number of hydrazine groups is 1. The first-order valence-corrected chi connectivity index (χ1v) is 7.49. The van der Waals surface area contributed by atoms with Gasteiger partial charge in [-0.1, -0.05) is 32.9 Å². The third-order valence-corrected chi connectivity index (χ3v) is 4.13. The Labute approximate surface area is 120 Å². The quantitative estimate of drug-likeness (QED) is 0.772. The lowest BCUT2D eigenvalue weighted by Gasteiger charge is -2.20. The number of carboxylic acid groups (broad SMARTS) is 1. The Balaban J connectivity index is 2.37.